The SMILES string of the molecule is CCOc1ccc(NC(=O)CC(c2ccccc2)c2nnc(C)o2)cc1. The summed E-state index contributed by atoms with van der Waals surface area (Å²) in [6.45, 7) is 4.27. The zero-order valence-corrected chi connectivity index (χ0v) is 14.8. The van der Waals surface area contributed by atoms with Crippen molar-refractivity contribution in [2.24, 2.45) is 0 Å². The lowest BCUT2D eigenvalue weighted by Crippen LogP contribution is -2.16. The van der Waals surface area contributed by atoms with Crippen LogP contribution in [0.4, 0.5) is 5.69 Å². The summed E-state index contributed by atoms with van der Waals surface area (Å²) in [5.74, 6) is 1.27. The summed E-state index contributed by atoms with van der Waals surface area (Å²) in [5, 5.41) is 10.9. The van der Waals surface area contributed by atoms with Crippen molar-refractivity contribution in [3.63, 3.8) is 0 Å². The molecule has 1 heterocycles. The van der Waals surface area contributed by atoms with Crippen LogP contribution in [0, 0.1) is 6.92 Å². The van der Waals surface area contributed by atoms with E-state index in [2.05, 4.69) is 15.5 Å². The van der Waals surface area contributed by atoms with Crippen molar-refractivity contribution in [3.05, 3.63) is 71.9 Å². The average molecular weight is 351 g/mol. The Bertz CT molecular complexity index is 844. The summed E-state index contributed by atoms with van der Waals surface area (Å²) in [6.07, 6.45) is 0.207. The number of nitrogens with one attached hydrogen (secondary N) is 1. The quantitative estimate of drug-likeness (QED) is 0.698. The van der Waals surface area contributed by atoms with Crippen LogP contribution in [0.5, 0.6) is 5.75 Å². The molecule has 3 rings (SSSR count). The zero-order valence-electron chi connectivity index (χ0n) is 14.8. The Kier molecular flexibility index (Phi) is 5.63. The van der Waals surface area contributed by atoms with E-state index in [1.165, 1.54) is 0 Å². The molecule has 0 bridgehead atoms. The Balaban J connectivity index is 1.73. The molecule has 1 unspecified atom stereocenters. The van der Waals surface area contributed by atoms with Crippen LogP contribution in [-0.2, 0) is 4.79 Å². The van der Waals surface area contributed by atoms with Crippen molar-refractivity contribution in [1.82, 2.24) is 10.2 Å². The van der Waals surface area contributed by atoms with Gasteiger partial charge in [0.05, 0.1) is 12.5 Å². The van der Waals surface area contributed by atoms with Crippen molar-refractivity contribution in [1.29, 1.82) is 0 Å². The molecule has 0 spiro atoms. The molecule has 0 aliphatic rings. The molecule has 6 nitrogen and oxygen atoms in total. The molecule has 26 heavy (non-hydrogen) atoms. The first kappa shape index (κ1) is 17.7. The summed E-state index contributed by atoms with van der Waals surface area (Å²) in [4.78, 5) is 12.6. The lowest BCUT2D eigenvalue weighted by atomic mass is 9.95. The summed E-state index contributed by atoms with van der Waals surface area (Å²) in [7, 11) is 0. The molecule has 134 valence electrons. The Morgan fingerprint density at radius 1 is 1.12 bits per heavy atom. The van der Waals surface area contributed by atoms with Crippen molar-refractivity contribution in [2.75, 3.05) is 11.9 Å². The lowest BCUT2D eigenvalue weighted by Gasteiger charge is -2.14. The van der Waals surface area contributed by atoms with Gasteiger partial charge in [-0.3, -0.25) is 4.79 Å². The molecule has 1 aromatic heterocycles. The molecule has 2 aromatic carbocycles. The van der Waals surface area contributed by atoms with Gasteiger partial charge < -0.3 is 14.5 Å². The zero-order chi connectivity index (χ0) is 18.4. The normalized spacial score (nSPS) is 11.8. The van der Waals surface area contributed by atoms with E-state index >= 15 is 0 Å². The van der Waals surface area contributed by atoms with Gasteiger partial charge in [-0.25, -0.2) is 0 Å². The van der Waals surface area contributed by atoms with Gasteiger partial charge in [0.1, 0.15) is 5.75 Å². The highest BCUT2D eigenvalue weighted by Gasteiger charge is 2.23. The number of benzene rings is 2. The third-order valence-corrected chi connectivity index (χ3v) is 3.88. The second-order valence-electron chi connectivity index (χ2n) is 5.83. The van der Waals surface area contributed by atoms with Crippen molar-refractivity contribution in [3.8, 4) is 5.75 Å². The fourth-order valence-electron chi connectivity index (χ4n) is 2.68. The summed E-state index contributed by atoms with van der Waals surface area (Å²) in [5.41, 5.74) is 1.67. The van der Waals surface area contributed by atoms with E-state index in [1.54, 1.807) is 6.92 Å². The maximum Gasteiger partial charge on any atom is 0.225 e. The van der Waals surface area contributed by atoms with E-state index in [-0.39, 0.29) is 18.2 Å². The van der Waals surface area contributed by atoms with E-state index in [1.807, 2.05) is 61.5 Å². The number of ether oxygens (including phenoxy) is 1. The Hall–Kier alpha value is -3.15. The van der Waals surface area contributed by atoms with Gasteiger partial charge in [0, 0.05) is 19.0 Å². The maximum atomic E-state index is 12.6. The predicted molar refractivity (Wildman–Crippen MR) is 98.2 cm³/mol. The highest BCUT2D eigenvalue weighted by atomic mass is 16.5. The molecule has 6 heteroatoms. The second kappa shape index (κ2) is 8.29. The number of carbonyl (C=O) groups excluding carboxylic acids is 1. The number of aromatic nitrogens is 2. The minimum absolute atomic E-state index is 0.126. The molecule has 0 aliphatic heterocycles. The van der Waals surface area contributed by atoms with Gasteiger partial charge in [-0.2, -0.15) is 0 Å². The number of carbonyl (C=O) groups is 1. The van der Waals surface area contributed by atoms with Crippen LogP contribution in [0.15, 0.2) is 59.0 Å². The number of nitrogens with zero attached hydrogens (tertiary/aromatic N) is 2. The number of amides is 1. The smallest absolute Gasteiger partial charge is 0.225 e. The molecule has 0 fully saturated rings. The van der Waals surface area contributed by atoms with E-state index in [9.17, 15) is 4.79 Å². The number of anilines is 1. The maximum absolute atomic E-state index is 12.6. The third-order valence-electron chi connectivity index (χ3n) is 3.88. The third kappa shape index (κ3) is 4.47. The van der Waals surface area contributed by atoms with Crippen LogP contribution in [0.1, 0.15) is 36.6 Å². The van der Waals surface area contributed by atoms with E-state index in [0.29, 0.717) is 24.1 Å². The molecule has 0 aliphatic carbocycles. The first-order valence-corrected chi connectivity index (χ1v) is 8.53. The molecule has 1 amide bonds. The largest absolute Gasteiger partial charge is 0.494 e. The minimum Gasteiger partial charge on any atom is -0.494 e. The number of aryl methyl sites for hydroxylation is 1. The van der Waals surface area contributed by atoms with Gasteiger partial charge in [0.2, 0.25) is 17.7 Å². The molecule has 0 saturated heterocycles. The second-order valence-corrected chi connectivity index (χ2v) is 5.83. The van der Waals surface area contributed by atoms with Gasteiger partial charge in [0.15, 0.2) is 0 Å². The Morgan fingerprint density at radius 3 is 2.46 bits per heavy atom. The molecule has 0 radical (unpaired) electrons. The first-order valence-electron chi connectivity index (χ1n) is 8.53. The van der Waals surface area contributed by atoms with Crippen molar-refractivity contribution >= 4 is 11.6 Å². The minimum atomic E-state index is -0.292. The monoisotopic (exact) mass is 351 g/mol. The fourth-order valence-corrected chi connectivity index (χ4v) is 2.68. The predicted octanol–water partition coefficient (Wildman–Crippen LogP) is 3.94. The van der Waals surface area contributed by atoms with Gasteiger partial charge >= 0.3 is 0 Å². The molecular formula is C20H21N3O3. The van der Waals surface area contributed by atoms with E-state index in [4.69, 9.17) is 9.15 Å². The summed E-state index contributed by atoms with van der Waals surface area (Å²) in [6, 6.07) is 17.0. The highest BCUT2D eigenvalue weighted by Crippen LogP contribution is 2.27. The lowest BCUT2D eigenvalue weighted by molar-refractivity contribution is -0.116. The summed E-state index contributed by atoms with van der Waals surface area (Å²) < 4.78 is 11.0. The number of hydrogen-bond donors (Lipinski definition) is 1. The average Bonchev–Trinajstić information content (AvgIpc) is 3.08. The van der Waals surface area contributed by atoms with E-state index in [0.717, 1.165) is 11.3 Å². The van der Waals surface area contributed by atoms with Crippen LogP contribution in [0.25, 0.3) is 0 Å². The van der Waals surface area contributed by atoms with Gasteiger partial charge in [-0.05, 0) is 36.8 Å². The van der Waals surface area contributed by atoms with Crippen molar-refractivity contribution < 1.29 is 13.9 Å². The van der Waals surface area contributed by atoms with E-state index < -0.39 is 0 Å². The first-order chi connectivity index (χ1) is 12.7. The standard InChI is InChI=1S/C20H21N3O3/c1-3-25-17-11-9-16(10-12-17)21-19(24)13-18(15-7-5-4-6-8-15)20-23-22-14(2)26-20/h4-12,18H,3,13H2,1-2H3,(H,21,24). The van der Waals surface area contributed by atoms with Gasteiger partial charge in [-0.1, -0.05) is 30.3 Å². The summed E-state index contributed by atoms with van der Waals surface area (Å²) >= 11 is 0. The van der Waals surface area contributed by atoms with Crippen LogP contribution < -0.4 is 10.1 Å². The van der Waals surface area contributed by atoms with Gasteiger partial charge in [0.25, 0.3) is 0 Å². The molecule has 0 saturated carbocycles. The van der Waals surface area contributed by atoms with Crippen molar-refractivity contribution in [2.45, 2.75) is 26.2 Å². The van der Waals surface area contributed by atoms with Crippen LogP contribution in [0.3, 0.4) is 0 Å². The van der Waals surface area contributed by atoms with Gasteiger partial charge in [-0.15, -0.1) is 10.2 Å². The topological polar surface area (TPSA) is 77.2 Å². The molecular weight excluding hydrogens is 330 g/mol. The highest BCUT2D eigenvalue weighted by molar-refractivity contribution is 5.91. The molecule has 1 atom stereocenters. The fraction of sp³-hybridized carbons (Fsp3) is 0.250. The number of rotatable bonds is 7. The van der Waals surface area contributed by atoms with Crippen LogP contribution in [-0.4, -0.2) is 22.7 Å². The Morgan fingerprint density at radius 2 is 1.85 bits per heavy atom. The van der Waals surface area contributed by atoms with Crippen LogP contribution >= 0.6 is 0 Å². The molecule has 1 N–H and O–H groups in total. The molecule has 3 aromatic rings. The Labute approximate surface area is 152 Å². The van der Waals surface area contributed by atoms with Crippen LogP contribution in [0.2, 0.25) is 0 Å². The number of hydrogen-bond acceptors (Lipinski definition) is 5.